The van der Waals surface area contributed by atoms with Crippen LogP contribution in [0.2, 0.25) is 0 Å². The van der Waals surface area contributed by atoms with Gasteiger partial charge in [0, 0.05) is 7.05 Å². The number of carboxylic acids is 1. The molecule has 1 amide bonds. The van der Waals surface area contributed by atoms with Crippen LogP contribution in [0.3, 0.4) is 0 Å². The summed E-state index contributed by atoms with van der Waals surface area (Å²) >= 11 is 0. The lowest BCUT2D eigenvalue weighted by atomic mass is 10.1. The molecule has 0 aliphatic heterocycles. The van der Waals surface area contributed by atoms with Gasteiger partial charge in [0.2, 0.25) is 5.91 Å². The van der Waals surface area contributed by atoms with Gasteiger partial charge in [0.25, 0.3) is 0 Å². The van der Waals surface area contributed by atoms with Crippen molar-refractivity contribution in [3.8, 4) is 0 Å². The van der Waals surface area contributed by atoms with Crippen molar-refractivity contribution < 1.29 is 14.7 Å². The molecule has 0 saturated heterocycles. The van der Waals surface area contributed by atoms with Gasteiger partial charge in [-0.1, -0.05) is 24.3 Å². The summed E-state index contributed by atoms with van der Waals surface area (Å²) in [6.45, 7) is 3.43. The molecule has 0 spiro atoms. The normalized spacial score (nSPS) is 11.9. The number of rotatable bonds is 4. The first kappa shape index (κ1) is 13.2. The van der Waals surface area contributed by atoms with Crippen molar-refractivity contribution in [1.82, 2.24) is 4.90 Å². The third kappa shape index (κ3) is 3.31. The molecule has 0 saturated carbocycles. The van der Waals surface area contributed by atoms with E-state index < -0.39 is 12.0 Å². The molecule has 0 aliphatic rings. The first-order valence-electron chi connectivity index (χ1n) is 5.46. The zero-order chi connectivity index (χ0) is 13.0. The van der Waals surface area contributed by atoms with E-state index in [4.69, 9.17) is 5.11 Å². The predicted octanol–water partition coefficient (Wildman–Crippen LogP) is 1.47. The van der Waals surface area contributed by atoms with Crippen molar-refractivity contribution in [2.75, 3.05) is 7.05 Å². The Labute approximate surface area is 101 Å². The lowest BCUT2D eigenvalue weighted by molar-refractivity contribution is -0.148. The van der Waals surface area contributed by atoms with E-state index in [1.54, 1.807) is 0 Å². The fourth-order valence-electron chi connectivity index (χ4n) is 1.48. The molecule has 0 aromatic heterocycles. The molecule has 1 atom stereocenters. The maximum Gasteiger partial charge on any atom is 0.326 e. The highest BCUT2D eigenvalue weighted by atomic mass is 16.4. The summed E-state index contributed by atoms with van der Waals surface area (Å²) in [5.41, 5.74) is 1.97. The van der Waals surface area contributed by atoms with Gasteiger partial charge >= 0.3 is 5.97 Å². The molecule has 17 heavy (non-hydrogen) atoms. The molecule has 92 valence electrons. The van der Waals surface area contributed by atoms with Crippen LogP contribution in [-0.4, -0.2) is 35.0 Å². The summed E-state index contributed by atoms with van der Waals surface area (Å²) < 4.78 is 0. The Kier molecular flexibility index (Phi) is 4.26. The lowest BCUT2D eigenvalue weighted by Crippen LogP contribution is -2.41. The first-order valence-corrected chi connectivity index (χ1v) is 5.46. The summed E-state index contributed by atoms with van der Waals surface area (Å²) in [5, 5.41) is 8.83. The van der Waals surface area contributed by atoms with E-state index in [2.05, 4.69) is 0 Å². The fourth-order valence-corrected chi connectivity index (χ4v) is 1.48. The number of hydrogen-bond donors (Lipinski definition) is 1. The molecule has 1 aromatic carbocycles. The average Bonchev–Trinajstić information content (AvgIpc) is 2.30. The van der Waals surface area contributed by atoms with Crippen LogP contribution in [0, 0.1) is 6.92 Å². The second-order valence-corrected chi connectivity index (χ2v) is 4.12. The van der Waals surface area contributed by atoms with Crippen LogP contribution in [0.1, 0.15) is 18.1 Å². The van der Waals surface area contributed by atoms with E-state index >= 15 is 0 Å². The van der Waals surface area contributed by atoms with E-state index in [0.717, 1.165) is 11.1 Å². The molecule has 0 heterocycles. The Balaban J connectivity index is 2.73. The van der Waals surface area contributed by atoms with Gasteiger partial charge in [-0.3, -0.25) is 4.79 Å². The van der Waals surface area contributed by atoms with Crippen LogP contribution in [0.5, 0.6) is 0 Å². The summed E-state index contributed by atoms with van der Waals surface area (Å²) in [6, 6.07) is 6.80. The highest BCUT2D eigenvalue weighted by molar-refractivity contribution is 5.84. The van der Waals surface area contributed by atoms with Crippen molar-refractivity contribution in [2.24, 2.45) is 0 Å². The molecule has 1 N–H and O–H groups in total. The number of benzene rings is 1. The van der Waals surface area contributed by atoms with Gasteiger partial charge < -0.3 is 10.0 Å². The van der Waals surface area contributed by atoms with Gasteiger partial charge in [0.1, 0.15) is 6.04 Å². The minimum Gasteiger partial charge on any atom is -0.480 e. The molecular weight excluding hydrogens is 218 g/mol. The van der Waals surface area contributed by atoms with Crippen molar-refractivity contribution in [2.45, 2.75) is 26.3 Å². The Morgan fingerprint density at radius 1 is 1.35 bits per heavy atom. The minimum atomic E-state index is -0.995. The molecule has 0 radical (unpaired) electrons. The van der Waals surface area contributed by atoms with Crippen molar-refractivity contribution in [3.05, 3.63) is 35.4 Å². The van der Waals surface area contributed by atoms with E-state index in [0.29, 0.717) is 0 Å². The Morgan fingerprint density at radius 3 is 2.47 bits per heavy atom. The van der Waals surface area contributed by atoms with E-state index in [9.17, 15) is 9.59 Å². The standard InChI is InChI=1S/C13H17NO3/c1-9-6-4-5-7-11(9)8-12(15)14(3)10(2)13(16)17/h4-7,10H,8H2,1-3H3,(H,16,17). The van der Waals surface area contributed by atoms with Gasteiger partial charge in [-0.15, -0.1) is 0 Å². The molecule has 1 unspecified atom stereocenters. The van der Waals surface area contributed by atoms with E-state index in [-0.39, 0.29) is 12.3 Å². The van der Waals surface area contributed by atoms with Gasteiger partial charge in [-0.25, -0.2) is 4.79 Å². The maximum atomic E-state index is 11.9. The number of carboxylic acid groups (broad SMARTS) is 1. The van der Waals surface area contributed by atoms with E-state index in [1.807, 2.05) is 31.2 Å². The van der Waals surface area contributed by atoms with Crippen molar-refractivity contribution in [3.63, 3.8) is 0 Å². The quantitative estimate of drug-likeness (QED) is 0.859. The highest BCUT2D eigenvalue weighted by Crippen LogP contribution is 2.10. The number of carbonyl (C=O) groups excluding carboxylic acids is 1. The van der Waals surface area contributed by atoms with Gasteiger partial charge in [-0.05, 0) is 25.0 Å². The lowest BCUT2D eigenvalue weighted by Gasteiger charge is -2.21. The van der Waals surface area contributed by atoms with E-state index in [1.165, 1.54) is 18.9 Å². The second-order valence-electron chi connectivity index (χ2n) is 4.12. The topological polar surface area (TPSA) is 57.6 Å². The highest BCUT2D eigenvalue weighted by Gasteiger charge is 2.21. The monoisotopic (exact) mass is 235 g/mol. The number of carbonyl (C=O) groups is 2. The first-order chi connectivity index (χ1) is 7.93. The third-order valence-electron chi connectivity index (χ3n) is 2.93. The number of nitrogens with zero attached hydrogens (tertiary/aromatic N) is 1. The van der Waals surface area contributed by atoms with Crippen molar-refractivity contribution >= 4 is 11.9 Å². The van der Waals surface area contributed by atoms with Crippen LogP contribution in [0.4, 0.5) is 0 Å². The summed E-state index contributed by atoms with van der Waals surface area (Å²) in [4.78, 5) is 23.9. The Morgan fingerprint density at radius 2 is 1.94 bits per heavy atom. The summed E-state index contributed by atoms with van der Waals surface area (Å²) in [5.74, 6) is -1.18. The number of hydrogen-bond acceptors (Lipinski definition) is 2. The zero-order valence-corrected chi connectivity index (χ0v) is 10.3. The number of amides is 1. The molecule has 1 rings (SSSR count). The second kappa shape index (κ2) is 5.48. The number of aliphatic carboxylic acids is 1. The zero-order valence-electron chi connectivity index (χ0n) is 10.3. The molecule has 0 aliphatic carbocycles. The minimum absolute atomic E-state index is 0.186. The van der Waals surface area contributed by atoms with Gasteiger partial charge in [0.15, 0.2) is 0 Å². The summed E-state index contributed by atoms with van der Waals surface area (Å²) in [7, 11) is 1.51. The van der Waals surface area contributed by atoms with Gasteiger partial charge in [-0.2, -0.15) is 0 Å². The fraction of sp³-hybridized carbons (Fsp3) is 0.385. The van der Waals surface area contributed by atoms with Crippen LogP contribution in [0.25, 0.3) is 0 Å². The van der Waals surface area contributed by atoms with Crippen LogP contribution in [-0.2, 0) is 16.0 Å². The molecule has 4 nitrogen and oxygen atoms in total. The summed E-state index contributed by atoms with van der Waals surface area (Å²) in [6.07, 6.45) is 0.237. The SMILES string of the molecule is Cc1ccccc1CC(=O)N(C)C(C)C(=O)O. The molecule has 0 bridgehead atoms. The van der Waals surface area contributed by atoms with Crippen LogP contribution in [0.15, 0.2) is 24.3 Å². The molecular formula is C13H17NO3. The molecule has 4 heteroatoms. The molecule has 1 aromatic rings. The number of likely N-dealkylation sites (N-methyl/N-ethyl adjacent to an activating group) is 1. The Hall–Kier alpha value is -1.84. The Bertz CT molecular complexity index is 428. The third-order valence-corrected chi connectivity index (χ3v) is 2.93. The van der Waals surface area contributed by atoms with Crippen LogP contribution < -0.4 is 0 Å². The predicted molar refractivity (Wildman–Crippen MR) is 64.8 cm³/mol. The number of aryl methyl sites for hydroxylation is 1. The van der Waals surface area contributed by atoms with Crippen LogP contribution >= 0.6 is 0 Å². The largest absolute Gasteiger partial charge is 0.480 e. The van der Waals surface area contributed by atoms with Gasteiger partial charge in [0.05, 0.1) is 6.42 Å². The molecule has 0 fully saturated rings. The van der Waals surface area contributed by atoms with Crippen molar-refractivity contribution in [1.29, 1.82) is 0 Å². The smallest absolute Gasteiger partial charge is 0.326 e. The maximum absolute atomic E-state index is 11.9. The average molecular weight is 235 g/mol.